The molecule has 2 nitrogen and oxygen atoms in total. The molecule has 2 aromatic carbocycles. The van der Waals surface area contributed by atoms with Crippen LogP contribution < -0.4 is 5.30 Å². The average Bonchev–Trinajstić information content (AvgIpc) is 2.56. The Kier molecular flexibility index (Phi) is 3.24. The summed E-state index contributed by atoms with van der Waals surface area (Å²) in [6.45, 7) is 0. The molecule has 19 heavy (non-hydrogen) atoms. The molecule has 4 atom stereocenters. The first-order chi connectivity index (χ1) is 10.3. The van der Waals surface area contributed by atoms with E-state index in [2.05, 4.69) is 29.4 Å². The molecule has 1 saturated heterocycles. The molecular weight excluding hydrogens is 255 g/mol. The van der Waals surface area contributed by atoms with Crippen molar-refractivity contribution in [1.29, 1.82) is 1.43 Å². The quantitative estimate of drug-likeness (QED) is 0.871. The lowest BCUT2D eigenvalue weighted by atomic mass is 10.1. The molecule has 98 valence electrons. The highest BCUT2D eigenvalue weighted by molar-refractivity contribution is 7.65. The third kappa shape index (κ3) is 2.87. The van der Waals surface area contributed by atoms with E-state index < -0.39 is 20.6 Å². The molecule has 1 N–H and O–H groups in total. The van der Waals surface area contributed by atoms with Gasteiger partial charge in [-0.05, 0) is 18.8 Å². The summed E-state index contributed by atoms with van der Waals surface area (Å²) in [5.41, 5.74) is 1.14. The molecule has 1 aliphatic rings. The first kappa shape index (κ1) is 10.6. The van der Waals surface area contributed by atoms with Gasteiger partial charge in [-0.3, -0.25) is 0 Å². The number of hydrogen-bond acceptors (Lipinski definition) is 2. The molecule has 0 aliphatic carbocycles. The van der Waals surface area contributed by atoms with Gasteiger partial charge in [0.05, 0.1) is 6.35 Å². The van der Waals surface area contributed by atoms with E-state index in [-0.39, 0.29) is 5.66 Å². The third-order valence-electron chi connectivity index (χ3n) is 3.28. The van der Waals surface area contributed by atoms with Crippen LogP contribution in [-0.4, -0.2) is 19.2 Å². The van der Waals surface area contributed by atoms with Crippen molar-refractivity contribution in [3.8, 4) is 0 Å². The van der Waals surface area contributed by atoms with Gasteiger partial charge >= 0.3 is 0 Å². The predicted octanol–water partition coefficient (Wildman–Crippen LogP) is 3.23. The Bertz CT molecular complexity index is 567. The van der Waals surface area contributed by atoms with E-state index >= 15 is 0 Å². The van der Waals surface area contributed by atoms with Crippen molar-refractivity contribution in [3.63, 3.8) is 0 Å². The summed E-state index contributed by atoms with van der Waals surface area (Å²) in [7, 11) is -0.651. The maximum atomic E-state index is 8.45. The second-order valence-electron chi connectivity index (χ2n) is 4.52. The Balaban J connectivity index is 1.98. The van der Waals surface area contributed by atoms with Gasteiger partial charge in [-0.15, -0.1) is 0 Å². The predicted molar refractivity (Wildman–Crippen MR) is 78.8 cm³/mol. The highest BCUT2D eigenvalue weighted by atomic mass is 31.1. The molecule has 0 amide bonds. The van der Waals surface area contributed by atoms with Gasteiger partial charge in [0, 0.05) is 13.4 Å². The molecule has 0 bridgehead atoms. The molecule has 1 aliphatic heterocycles. The molecule has 0 saturated carbocycles. The minimum absolute atomic E-state index is 0.0210. The summed E-state index contributed by atoms with van der Waals surface area (Å²) in [6.07, 6.45) is -0.847. The molecule has 0 spiro atoms. The van der Waals surface area contributed by atoms with Crippen LogP contribution >= 0.6 is 7.92 Å². The number of benzene rings is 2. The standard InChI is InChI=1S/C16H17O2P/c17-16-11-15(13-7-3-1-4-8-13)19(12-18-16)14-9-5-2-6-10-14/h1-10,15-17H,11-12H2/t15-,16+,19+/m0/s1/i11D,17D/t11-,15-,16+,19+. The van der Waals surface area contributed by atoms with Crippen LogP contribution in [0.4, 0.5) is 0 Å². The van der Waals surface area contributed by atoms with Crippen LogP contribution in [-0.2, 0) is 4.74 Å². The van der Waals surface area contributed by atoms with E-state index in [1.807, 2.05) is 36.4 Å². The summed E-state index contributed by atoms with van der Waals surface area (Å²) < 4.78 is 21.2. The largest absolute Gasteiger partial charge is 0.368 e. The molecule has 2 aromatic rings. The lowest BCUT2D eigenvalue weighted by Crippen LogP contribution is -2.26. The van der Waals surface area contributed by atoms with E-state index in [0.29, 0.717) is 6.35 Å². The van der Waals surface area contributed by atoms with Crippen LogP contribution in [0.2, 0.25) is 0 Å². The molecule has 0 aromatic heterocycles. The summed E-state index contributed by atoms with van der Waals surface area (Å²) in [5, 5.41) is 5.81. The molecule has 0 unspecified atom stereocenters. The van der Waals surface area contributed by atoms with E-state index in [1.165, 1.54) is 5.30 Å². The van der Waals surface area contributed by atoms with Gasteiger partial charge in [-0.25, -0.2) is 0 Å². The lowest BCUT2D eigenvalue weighted by Gasteiger charge is -2.35. The summed E-state index contributed by atoms with van der Waals surface area (Å²) in [5.74, 6) is 0. The fraction of sp³-hybridized carbons (Fsp3) is 0.250. The van der Waals surface area contributed by atoms with Gasteiger partial charge in [0.15, 0.2) is 6.29 Å². The van der Waals surface area contributed by atoms with Crippen LogP contribution in [0.1, 0.15) is 19.0 Å². The van der Waals surface area contributed by atoms with E-state index in [4.69, 9.17) is 7.54 Å². The Labute approximate surface area is 117 Å². The third-order valence-corrected chi connectivity index (χ3v) is 5.81. The first-order valence-corrected chi connectivity index (χ1v) is 7.93. The van der Waals surface area contributed by atoms with Crippen LogP contribution in [0.5, 0.6) is 0 Å². The van der Waals surface area contributed by atoms with Gasteiger partial charge in [0.25, 0.3) is 0 Å². The monoisotopic (exact) mass is 274 g/mol. The number of ether oxygens (including phenoxy) is 1. The van der Waals surface area contributed by atoms with E-state index in [1.54, 1.807) is 0 Å². The van der Waals surface area contributed by atoms with Crippen molar-refractivity contribution in [2.24, 2.45) is 0 Å². The smallest absolute Gasteiger partial charge is 0.213 e. The van der Waals surface area contributed by atoms with Crippen molar-refractivity contribution in [3.05, 3.63) is 66.2 Å². The van der Waals surface area contributed by atoms with Gasteiger partial charge in [0.2, 0.25) is 1.43 Å². The zero-order chi connectivity index (χ0) is 14.7. The molecule has 1 heterocycles. The Hall–Kier alpha value is -1.21. The highest BCUT2D eigenvalue weighted by Gasteiger charge is 2.31. The normalized spacial score (nSPS) is 32.4. The molecule has 1 fully saturated rings. The minimum atomic E-state index is -0.780. The number of aliphatic hydroxyl groups is 1. The summed E-state index contributed by atoms with van der Waals surface area (Å²) >= 11 is 0. The van der Waals surface area contributed by atoms with Crippen molar-refractivity contribution in [1.82, 2.24) is 0 Å². The molecule has 3 rings (SSSR count). The van der Waals surface area contributed by atoms with E-state index in [9.17, 15) is 0 Å². The average molecular weight is 274 g/mol. The number of hydrogen-bond donors (Lipinski definition) is 1. The fourth-order valence-corrected chi connectivity index (χ4v) is 4.71. The topological polar surface area (TPSA) is 29.5 Å². The maximum Gasteiger partial charge on any atom is 0.213 e. The zero-order valence-corrected chi connectivity index (χ0v) is 11.4. The molecule has 0 radical (unpaired) electrons. The highest BCUT2D eigenvalue weighted by Crippen LogP contribution is 2.55. The zero-order valence-electron chi connectivity index (χ0n) is 12.5. The second-order valence-corrected chi connectivity index (χ2v) is 6.79. The van der Waals surface area contributed by atoms with Crippen LogP contribution in [0.15, 0.2) is 60.7 Å². The summed E-state index contributed by atoms with van der Waals surface area (Å²) in [4.78, 5) is 0. The first-order valence-electron chi connectivity index (χ1n) is 7.32. The lowest BCUT2D eigenvalue weighted by molar-refractivity contribution is -0.0928. The van der Waals surface area contributed by atoms with Crippen molar-refractivity contribution < 1.29 is 11.2 Å². The van der Waals surface area contributed by atoms with Crippen LogP contribution in [0, 0.1) is 0 Å². The minimum Gasteiger partial charge on any atom is -0.368 e. The van der Waals surface area contributed by atoms with Crippen molar-refractivity contribution in [2.75, 3.05) is 6.35 Å². The van der Waals surface area contributed by atoms with Gasteiger partial charge in [-0.1, -0.05) is 60.7 Å². The molecule has 3 heteroatoms. The van der Waals surface area contributed by atoms with Crippen molar-refractivity contribution in [2.45, 2.75) is 18.3 Å². The number of aliphatic hydroxyl groups excluding tert-OH is 1. The van der Waals surface area contributed by atoms with Gasteiger partial charge < -0.3 is 9.85 Å². The summed E-state index contributed by atoms with van der Waals surface area (Å²) in [6, 6.07) is 20.3. The Morgan fingerprint density at radius 3 is 2.47 bits per heavy atom. The van der Waals surface area contributed by atoms with Crippen molar-refractivity contribution >= 4 is 13.2 Å². The number of rotatable bonds is 3. The van der Waals surface area contributed by atoms with Gasteiger partial charge in [-0.2, -0.15) is 0 Å². The van der Waals surface area contributed by atoms with Crippen LogP contribution in [0.3, 0.4) is 0 Å². The Morgan fingerprint density at radius 2 is 1.79 bits per heavy atom. The second kappa shape index (κ2) is 5.83. The van der Waals surface area contributed by atoms with Crippen LogP contribution in [0.25, 0.3) is 0 Å². The fourth-order valence-electron chi connectivity index (χ4n) is 2.34. The Morgan fingerprint density at radius 1 is 1.11 bits per heavy atom. The molecular formula is C16H17O2P. The maximum absolute atomic E-state index is 8.45. The van der Waals surface area contributed by atoms with E-state index in [0.717, 1.165) is 5.56 Å². The SMILES string of the molecule is [2H]O[C@@H]1OC[P@](c2ccccc2)[C@H](c2ccccc2)[C@@H]1[2H]. The van der Waals surface area contributed by atoms with Gasteiger partial charge in [0.1, 0.15) is 0 Å².